The fourth-order valence-corrected chi connectivity index (χ4v) is 6.60. The molecular weight excluding hydrogens is 304 g/mol. The van der Waals surface area contributed by atoms with Crippen LogP contribution in [0.5, 0.6) is 0 Å². The molecule has 0 radical (unpaired) electrons. The summed E-state index contributed by atoms with van der Waals surface area (Å²) in [5.74, 6) is 1.44. The van der Waals surface area contributed by atoms with Crippen LogP contribution in [0.4, 0.5) is 0 Å². The molecular formula is C20H28O4. The van der Waals surface area contributed by atoms with Crippen LogP contribution in [0.1, 0.15) is 58.3 Å². The molecule has 0 amide bonds. The van der Waals surface area contributed by atoms with Gasteiger partial charge in [0.05, 0.1) is 12.0 Å². The Hall–Kier alpha value is -1.16. The average molecular weight is 332 g/mol. The Balaban J connectivity index is 1.56. The molecule has 2 unspecified atom stereocenters. The molecule has 132 valence electrons. The van der Waals surface area contributed by atoms with Gasteiger partial charge in [-0.1, -0.05) is 6.58 Å². The Morgan fingerprint density at radius 2 is 1.79 bits per heavy atom. The van der Waals surface area contributed by atoms with E-state index in [2.05, 4.69) is 6.58 Å². The number of Topliss-reactive ketones (excluding diaryl/α,β-unsaturated/α-hetero) is 1. The lowest BCUT2D eigenvalue weighted by Crippen LogP contribution is -2.56. The summed E-state index contributed by atoms with van der Waals surface area (Å²) in [6.07, 6.45) is 7.65. The number of carbonyl (C=O) groups excluding carboxylic acids is 1. The second kappa shape index (κ2) is 5.42. The molecule has 4 heteroatoms. The summed E-state index contributed by atoms with van der Waals surface area (Å²) >= 11 is 0. The normalized spacial score (nSPS) is 43.2. The summed E-state index contributed by atoms with van der Waals surface area (Å²) in [5, 5.41) is 10.1. The highest BCUT2D eigenvalue weighted by Crippen LogP contribution is 2.67. The van der Waals surface area contributed by atoms with Crippen molar-refractivity contribution in [2.45, 2.75) is 64.4 Å². The van der Waals surface area contributed by atoms with Crippen LogP contribution in [0.2, 0.25) is 0 Å². The van der Waals surface area contributed by atoms with Crippen molar-refractivity contribution in [3.8, 4) is 0 Å². The lowest BCUT2D eigenvalue weighted by molar-refractivity contribution is -0.178. The lowest BCUT2D eigenvalue weighted by Gasteiger charge is -2.62. The van der Waals surface area contributed by atoms with Gasteiger partial charge in [0.15, 0.2) is 5.78 Å². The van der Waals surface area contributed by atoms with E-state index in [1.165, 1.54) is 19.3 Å². The zero-order valence-electron chi connectivity index (χ0n) is 14.6. The largest absolute Gasteiger partial charge is 0.481 e. The predicted molar refractivity (Wildman–Crippen MR) is 89.5 cm³/mol. The van der Waals surface area contributed by atoms with Crippen LogP contribution in [0.25, 0.3) is 0 Å². The summed E-state index contributed by atoms with van der Waals surface area (Å²) in [6, 6.07) is 0. The second-order valence-corrected chi connectivity index (χ2v) is 9.14. The van der Waals surface area contributed by atoms with Crippen molar-refractivity contribution in [1.29, 1.82) is 0 Å². The number of carboxylic acids is 1. The minimum atomic E-state index is -0.753. The SMILES string of the molecule is C=C1COC(CCC(C)(C(=O)O)C23CC4CC(CC(C4)C2)C3)C1=O. The molecule has 5 fully saturated rings. The quantitative estimate of drug-likeness (QED) is 0.781. The van der Waals surface area contributed by atoms with Crippen molar-refractivity contribution in [3.63, 3.8) is 0 Å². The second-order valence-electron chi connectivity index (χ2n) is 9.14. The maximum atomic E-state index is 12.3. The minimum absolute atomic E-state index is 0.0340. The number of rotatable bonds is 5. The third-order valence-corrected chi connectivity index (χ3v) is 7.69. The van der Waals surface area contributed by atoms with Crippen molar-refractivity contribution in [3.05, 3.63) is 12.2 Å². The molecule has 1 aliphatic heterocycles. The summed E-state index contributed by atoms with van der Waals surface area (Å²) < 4.78 is 5.53. The first-order valence-electron chi connectivity index (χ1n) is 9.40. The van der Waals surface area contributed by atoms with Crippen molar-refractivity contribution >= 4 is 11.8 Å². The van der Waals surface area contributed by atoms with Gasteiger partial charge < -0.3 is 9.84 Å². The monoisotopic (exact) mass is 332 g/mol. The Morgan fingerprint density at radius 1 is 1.25 bits per heavy atom. The highest BCUT2D eigenvalue weighted by molar-refractivity contribution is 6.00. The standard InChI is InChI=1S/C20H28O4/c1-12-11-24-16(17(12)21)3-4-19(2,18(22)23)20-8-13-5-14(9-20)7-15(6-13)10-20/h13-16H,1,3-11H2,2H3,(H,22,23). The molecule has 0 aromatic carbocycles. The first-order valence-corrected chi connectivity index (χ1v) is 9.40. The first kappa shape index (κ1) is 16.3. The van der Waals surface area contributed by atoms with E-state index in [4.69, 9.17) is 4.74 Å². The first-order chi connectivity index (χ1) is 11.3. The maximum Gasteiger partial charge on any atom is 0.309 e. The number of carbonyl (C=O) groups is 2. The zero-order valence-corrected chi connectivity index (χ0v) is 14.6. The van der Waals surface area contributed by atoms with Gasteiger partial charge in [-0.25, -0.2) is 0 Å². The Morgan fingerprint density at radius 3 is 2.21 bits per heavy atom. The zero-order chi connectivity index (χ0) is 17.1. The number of aliphatic carboxylic acids is 1. The molecule has 1 heterocycles. The molecule has 5 rings (SSSR count). The summed E-state index contributed by atoms with van der Waals surface area (Å²) in [5.41, 5.74) is -0.310. The fourth-order valence-electron chi connectivity index (χ4n) is 6.60. The van der Waals surface area contributed by atoms with E-state index in [9.17, 15) is 14.7 Å². The van der Waals surface area contributed by atoms with Crippen LogP contribution in [-0.4, -0.2) is 29.6 Å². The van der Waals surface area contributed by atoms with E-state index in [1.54, 1.807) is 0 Å². The van der Waals surface area contributed by atoms with Gasteiger partial charge in [0, 0.05) is 5.57 Å². The summed E-state index contributed by atoms with van der Waals surface area (Å²) in [6.45, 7) is 5.97. The molecule has 0 spiro atoms. The lowest BCUT2D eigenvalue weighted by atomic mass is 9.42. The number of ether oxygens (including phenoxy) is 1. The van der Waals surface area contributed by atoms with Crippen LogP contribution < -0.4 is 0 Å². The van der Waals surface area contributed by atoms with E-state index >= 15 is 0 Å². The highest BCUT2D eigenvalue weighted by atomic mass is 16.5. The van der Waals surface area contributed by atoms with Gasteiger partial charge in [-0.3, -0.25) is 9.59 Å². The summed E-state index contributed by atoms with van der Waals surface area (Å²) in [7, 11) is 0. The van der Waals surface area contributed by atoms with Gasteiger partial charge >= 0.3 is 5.97 Å². The molecule has 1 saturated heterocycles. The van der Waals surface area contributed by atoms with Crippen molar-refractivity contribution < 1.29 is 19.4 Å². The molecule has 4 saturated carbocycles. The van der Waals surface area contributed by atoms with Gasteiger partial charge in [-0.2, -0.15) is 0 Å². The van der Waals surface area contributed by atoms with Gasteiger partial charge in [-0.05, 0) is 81.5 Å². The Kier molecular flexibility index (Phi) is 3.68. The Labute approximate surface area is 143 Å². The summed E-state index contributed by atoms with van der Waals surface area (Å²) in [4.78, 5) is 24.4. The van der Waals surface area contributed by atoms with Crippen LogP contribution in [-0.2, 0) is 14.3 Å². The molecule has 1 N–H and O–H groups in total. The number of hydrogen-bond donors (Lipinski definition) is 1. The highest BCUT2D eigenvalue weighted by Gasteiger charge is 2.61. The van der Waals surface area contributed by atoms with Crippen LogP contribution in [0.3, 0.4) is 0 Å². The van der Waals surface area contributed by atoms with Gasteiger partial charge in [0.25, 0.3) is 0 Å². The van der Waals surface area contributed by atoms with E-state index in [0.717, 1.165) is 37.0 Å². The van der Waals surface area contributed by atoms with Crippen molar-refractivity contribution in [2.75, 3.05) is 6.61 Å². The van der Waals surface area contributed by atoms with Gasteiger partial charge in [0.2, 0.25) is 0 Å². The van der Waals surface area contributed by atoms with Crippen LogP contribution >= 0.6 is 0 Å². The van der Waals surface area contributed by atoms with Crippen LogP contribution in [0.15, 0.2) is 12.2 Å². The molecule has 4 aliphatic carbocycles. The van der Waals surface area contributed by atoms with Gasteiger partial charge in [-0.15, -0.1) is 0 Å². The molecule has 5 aliphatic rings. The molecule has 2 atom stereocenters. The predicted octanol–water partition coefficient (Wildman–Crippen LogP) is 3.60. The Bertz CT molecular complexity index is 557. The topological polar surface area (TPSA) is 63.6 Å². The molecule has 4 bridgehead atoms. The smallest absolute Gasteiger partial charge is 0.309 e. The molecule has 0 aromatic rings. The number of carboxylic acid groups (broad SMARTS) is 1. The molecule has 0 aromatic heterocycles. The third kappa shape index (κ3) is 2.29. The van der Waals surface area contributed by atoms with Crippen molar-refractivity contribution in [2.24, 2.45) is 28.6 Å². The van der Waals surface area contributed by atoms with E-state index in [0.29, 0.717) is 25.0 Å². The third-order valence-electron chi connectivity index (χ3n) is 7.69. The number of ketones is 1. The molecule has 4 nitrogen and oxygen atoms in total. The van der Waals surface area contributed by atoms with Crippen LogP contribution in [0, 0.1) is 28.6 Å². The maximum absolute atomic E-state index is 12.3. The van der Waals surface area contributed by atoms with Gasteiger partial charge in [0.1, 0.15) is 6.10 Å². The fraction of sp³-hybridized carbons (Fsp3) is 0.800. The van der Waals surface area contributed by atoms with Crippen molar-refractivity contribution in [1.82, 2.24) is 0 Å². The van der Waals surface area contributed by atoms with E-state index in [-0.39, 0.29) is 11.2 Å². The molecule has 24 heavy (non-hydrogen) atoms. The van der Waals surface area contributed by atoms with E-state index in [1.807, 2.05) is 6.92 Å². The van der Waals surface area contributed by atoms with E-state index < -0.39 is 17.5 Å². The minimum Gasteiger partial charge on any atom is -0.481 e. The number of hydrogen-bond acceptors (Lipinski definition) is 3. The average Bonchev–Trinajstić information content (AvgIpc) is 2.82.